The largest absolute Gasteiger partial charge is 0.449 e. The second-order valence-electron chi connectivity index (χ2n) is 5.34. The van der Waals surface area contributed by atoms with Crippen LogP contribution in [-0.4, -0.2) is 23.1 Å². The van der Waals surface area contributed by atoms with Crippen LogP contribution < -0.4 is 11.1 Å². The van der Waals surface area contributed by atoms with Crippen molar-refractivity contribution in [2.24, 2.45) is 0 Å². The molecule has 2 unspecified atom stereocenters. The van der Waals surface area contributed by atoms with Crippen LogP contribution >= 0.6 is 0 Å². The van der Waals surface area contributed by atoms with Gasteiger partial charge in [-0.25, -0.2) is 9.18 Å². The van der Waals surface area contributed by atoms with Gasteiger partial charge in [-0.05, 0) is 38.5 Å². The van der Waals surface area contributed by atoms with Gasteiger partial charge >= 0.3 is 5.97 Å². The van der Waals surface area contributed by atoms with E-state index in [1.165, 1.54) is 26.0 Å². The van der Waals surface area contributed by atoms with Gasteiger partial charge in [0, 0.05) is 0 Å². The van der Waals surface area contributed by atoms with Gasteiger partial charge in [0.05, 0.1) is 11.7 Å². The average molecular weight is 335 g/mol. The number of nitrogens with zero attached hydrogens (tertiary/aromatic N) is 1. The minimum Gasteiger partial charge on any atom is -0.449 e. The van der Waals surface area contributed by atoms with Crippen molar-refractivity contribution in [2.45, 2.75) is 32.9 Å². The zero-order valence-electron chi connectivity index (χ0n) is 13.5. The third-order valence-electron chi connectivity index (χ3n) is 3.48. The number of aryl methyl sites for hydroxylation is 1. The molecule has 1 heterocycles. The van der Waals surface area contributed by atoms with Crippen molar-refractivity contribution in [1.82, 2.24) is 10.5 Å². The molecular weight excluding hydrogens is 317 g/mol. The number of ether oxygens (including phenoxy) is 1. The fourth-order valence-electron chi connectivity index (χ4n) is 2.07. The number of hydrogen-bond acceptors (Lipinski definition) is 6. The number of nitrogens with one attached hydrogen (secondary N) is 1. The van der Waals surface area contributed by atoms with Gasteiger partial charge in [-0.15, -0.1) is 0 Å². The first-order valence-electron chi connectivity index (χ1n) is 7.28. The van der Waals surface area contributed by atoms with E-state index >= 15 is 0 Å². The number of benzene rings is 1. The van der Waals surface area contributed by atoms with Crippen LogP contribution in [0.25, 0.3) is 0 Å². The third kappa shape index (κ3) is 3.89. The van der Waals surface area contributed by atoms with Crippen LogP contribution in [-0.2, 0) is 9.53 Å². The van der Waals surface area contributed by atoms with Gasteiger partial charge in [0.25, 0.3) is 5.91 Å². The molecule has 0 bridgehead atoms. The minimum absolute atomic E-state index is 0.00114. The van der Waals surface area contributed by atoms with E-state index in [9.17, 15) is 14.0 Å². The van der Waals surface area contributed by atoms with Crippen molar-refractivity contribution in [3.05, 3.63) is 46.9 Å². The summed E-state index contributed by atoms with van der Waals surface area (Å²) in [5.41, 5.74) is 6.51. The molecular formula is C16H18FN3O4. The molecule has 2 aromatic rings. The molecule has 0 saturated heterocycles. The Labute approximate surface area is 138 Å². The predicted octanol–water partition coefficient (Wildman–Crippen LogP) is 2.13. The molecule has 0 fully saturated rings. The number of amides is 1. The molecule has 1 aromatic carbocycles. The number of nitrogens with two attached hydrogens (primary N) is 1. The molecule has 2 atom stereocenters. The van der Waals surface area contributed by atoms with Crippen molar-refractivity contribution in [2.75, 3.05) is 5.73 Å². The highest BCUT2D eigenvalue weighted by atomic mass is 19.1. The molecule has 8 heteroatoms. The van der Waals surface area contributed by atoms with Crippen LogP contribution in [0.4, 0.5) is 10.3 Å². The standard InChI is InChI=1S/C16H18FN3O4/c1-8(11-4-6-12(17)7-5-11)19-15(21)10(3)23-16(22)13-9(2)20-24-14(13)18/h4-8,10H,18H2,1-3H3,(H,19,21). The smallest absolute Gasteiger partial charge is 0.346 e. The number of halogens is 1. The highest BCUT2D eigenvalue weighted by Gasteiger charge is 2.25. The molecule has 2 rings (SSSR count). The van der Waals surface area contributed by atoms with Crippen molar-refractivity contribution < 1.29 is 23.2 Å². The van der Waals surface area contributed by atoms with E-state index in [2.05, 4.69) is 15.0 Å². The number of rotatable bonds is 5. The second kappa shape index (κ2) is 7.12. The molecule has 3 N–H and O–H groups in total. The van der Waals surface area contributed by atoms with Crippen LogP contribution in [0.1, 0.15) is 41.5 Å². The van der Waals surface area contributed by atoms with E-state index < -0.39 is 18.0 Å². The van der Waals surface area contributed by atoms with Gasteiger partial charge in [-0.2, -0.15) is 0 Å². The number of esters is 1. The Morgan fingerprint density at radius 1 is 1.29 bits per heavy atom. The van der Waals surface area contributed by atoms with E-state index in [1.807, 2.05) is 0 Å². The Kier molecular flexibility index (Phi) is 5.18. The lowest BCUT2D eigenvalue weighted by molar-refractivity contribution is -0.129. The SMILES string of the molecule is Cc1noc(N)c1C(=O)OC(C)C(=O)NC(C)c1ccc(F)cc1. The first-order valence-corrected chi connectivity index (χ1v) is 7.28. The van der Waals surface area contributed by atoms with Crippen molar-refractivity contribution >= 4 is 17.8 Å². The summed E-state index contributed by atoms with van der Waals surface area (Å²) >= 11 is 0. The maximum absolute atomic E-state index is 12.9. The van der Waals surface area contributed by atoms with E-state index in [1.54, 1.807) is 19.1 Å². The third-order valence-corrected chi connectivity index (χ3v) is 3.48. The zero-order chi connectivity index (χ0) is 17.9. The summed E-state index contributed by atoms with van der Waals surface area (Å²) in [5, 5.41) is 6.24. The lowest BCUT2D eigenvalue weighted by Gasteiger charge is -2.18. The van der Waals surface area contributed by atoms with Crippen LogP contribution in [0, 0.1) is 12.7 Å². The molecule has 0 spiro atoms. The number of hydrogen-bond donors (Lipinski definition) is 2. The Morgan fingerprint density at radius 2 is 1.92 bits per heavy atom. The fourth-order valence-corrected chi connectivity index (χ4v) is 2.07. The maximum Gasteiger partial charge on any atom is 0.346 e. The lowest BCUT2D eigenvalue weighted by Crippen LogP contribution is -2.37. The fraction of sp³-hybridized carbons (Fsp3) is 0.312. The summed E-state index contributed by atoms with van der Waals surface area (Å²) < 4.78 is 22.7. The quantitative estimate of drug-likeness (QED) is 0.811. The summed E-state index contributed by atoms with van der Waals surface area (Å²) in [5.74, 6) is -1.80. The molecule has 1 aromatic heterocycles. The molecule has 7 nitrogen and oxygen atoms in total. The van der Waals surface area contributed by atoms with Gasteiger partial charge in [0.2, 0.25) is 5.88 Å². The summed E-state index contributed by atoms with van der Waals surface area (Å²) in [6.07, 6.45) is -1.05. The summed E-state index contributed by atoms with van der Waals surface area (Å²) in [6.45, 7) is 4.71. The Morgan fingerprint density at radius 3 is 2.46 bits per heavy atom. The van der Waals surface area contributed by atoms with Gasteiger partial charge in [-0.3, -0.25) is 4.79 Å². The normalized spacial score (nSPS) is 13.2. The first kappa shape index (κ1) is 17.5. The topological polar surface area (TPSA) is 107 Å². The molecule has 0 aliphatic heterocycles. The Balaban J connectivity index is 1.97. The summed E-state index contributed by atoms with van der Waals surface area (Å²) in [4.78, 5) is 24.2. The molecule has 128 valence electrons. The van der Waals surface area contributed by atoms with Gasteiger partial charge in [0.1, 0.15) is 11.4 Å². The van der Waals surface area contributed by atoms with E-state index in [4.69, 9.17) is 10.5 Å². The average Bonchev–Trinajstić information content (AvgIpc) is 2.86. The van der Waals surface area contributed by atoms with Gasteiger partial charge in [0.15, 0.2) is 6.10 Å². The van der Waals surface area contributed by atoms with Crippen LogP contribution in [0.2, 0.25) is 0 Å². The summed E-state index contributed by atoms with van der Waals surface area (Å²) in [7, 11) is 0. The molecule has 0 aliphatic rings. The number of carbonyl (C=O) groups excluding carboxylic acids is 2. The second-order valence-corrected chi connectivity index (χ2v) is 5.34. The van der Waals surface area contributed by atoms with Gasteiger partial charge < -0.3 is 20.3 Å². The summed E-state index contributed by atoms with van der Waals surface area (Å²) in [6, 6.07) is 5.37. The van der Waals surface area contributed by atoms with E-state index in [-0.39, 0.29) is 29.0 Å². The minimum atomic E-state index is -1.05. The Hall–Kier alpha value is -2.90. The first-order chi connectivity index (χ1) is 11.3. The van der Waals surface area contributed by atoms with Crippen molar-refractivity contribution in [3.63, 3.8) is 0 Å². The van der Waals surface area contributed by atoms with E-state index in [0.717, 1.165) is 5.56 Å². The molecule has 0 aliphatic carbocycles. The monoisotopic (exact) mass is 335 g/mol. The Bertz CT molecular complexity index is 723. The maximum atomic E-state index is 12.9. The highest BCUT2D eigenvalue weighted by Crippen LogP contribution is 2.18. The van der Waals surface area contributed by atoms with Crippen molar-refractivity contribution in [3.8, 4) is 0 Å². The number of nitrogen functional groups attached to an aromatic ring is 1. The van der Waals surface area contributed by atoms with Gasteiger partial charge in [-0.1, -0.05) is 17.3 Å². The highest BCUT2D eigenvalue weighted by molar-refractivity contribution is 5.96. The van der Waals surface area contributed by atoms with Crippen LogP contribution in [0.15, 0.2) is 28.8 Å². The molecule has 0 saturated carbocycles. The molecule has 0 radical (unpaired) electrons. The lowest BCUT2D eigenvalue weighted by atomic mass is 10.1. The van der Waals surface area contributed by atoms with Crippen LogP contribution in [0.5, 0.6) is 0 Å². The van der Waals surface area contributed by atoms with Crippen molar-refractivity contribution in [1.29, 1.82) is 0 Å². The number of anilines is 1. The predicted molar refractivity (Wildman–Crippen MR) is 83.5 cm³/mol. The molecule has 24 heavy (non-hydrogen) atoms. The zero-order valence-corrected chi connectivity index (χ0v) is 13.5. The van der Waals surface area contributed by atoms with E-state index in [0.29, 0.717) is 0 Å². The van der Waals surface area contributed by atoms with Crippen LogP contribution in [0.3, 0.4) is 0 Å². The molecule has 1 amide bonds. The number of carbonyl (C=O) groups is 2. The number of aromatic nitrogens is 1.